The molecule has 3 atom stereocenters. The standard InChI is InChI=1S/C54H91NO5/c1-4-7-10-13-16-19-22-23-24-25-26-27-28-29-32-35-38-41-44-47-54(59)60-50(45-42-39-36-33-30-20-17-14-11-8-5-2)48-53(58)55-51(49-56)52(57)46-43-40-37-34-31-21-18-15-12-9-6-3/h7,10,16,19,23-24,26-27,29,32-33,36,38,41-42,45,50-52,56-57H,4-6,8-9,11-15,17-18,20-22,25,28,30-31,34-35,37,39-40,43-44,46-49H2,1-3H3,(H,55,58)/b10-7-,19-16-,24-23-,27-26-,32-29-,36-33-,41-38-,45-42+. The van der Waals surface area contributed by atoms with Crippen LogP contribution < -0.4 is 5.32 Å². The first kappa shape index (κ1) is 56.8. The Morgan fingerprint density at radius 1 is 0.517 bits per heavy atom. The number of allylic oxidation sites excluding steroid dienone is 15. The molecular formula is C54H91NO5. The third-order valence-corrected chi connectivity index (χ3v) is 10.4. The molecule has 3 unspecified atom stereocenters. The molecule has 0 saturated carbocycles. The normalized spacial score (nSPS) is 14.2. The van der Waals surface area contributed by atoms with E-state index in [0.29, 0.717) is 19.3 Å². The number of unbranched alkanes of at least 4 members (excludes halogenated alkanes) is 16. The number of rotatable bonds is 42. The Morgan fingerprint density at radius 3 is 1.42 bits per heavy atom. The van der Waals surface area contributed by atoms with Crippen molar-refractivity contribution in [3.63, 3.8) is 0 Å². The van der Waals surface area contributed by atoms with Crippen molar-refractivity contribution in [2.75, 3.05) is 6.61 Å². The molecule has 0 spiro atoms. The van der Waals surface area contributed by atoms with E-state index in [1.54, 1.807) is 6.08 Å². The fourth-order valence-electron chi connectivity index (χ4n) is 6.71. The second-order valence-corrected chi connectivity index (χ2v) is 16.1. The van der Waals surface area contributed by atoms with Crippen molar-refractivity contribution in [1.29, 1.82) is 0 Å². The molecule has 0 aromatic rings. The van der Waals surface area contributed by atoms with E-state index >= 15 is 0 Å². The van der Waals surface area contributed by atoms with Crippen molar-refractivity contribution in [1.82, 2.24) is 5.32 Å². The fraction of sp³-hybridized carbons (Fsp3) is 0.667. The van der Waals surface area contributed by atoms with Gasteiger partial charge in [-0.05, 0) is 76.7 Å². The van der Waals surface area contributed by atoms with Crippen LogP contribution in [0.3, 0.4) is 0 Å². The smallest absolute Gasteiger partial charge is 0.306 e. The molecule has 60 heavy (non-hydrogen) atoms. The minimum atomic E-state index is -0.827. The number of aliphatic hydroxyl groups is 2. The van der Waals surface area contributed by atoms with Gasteiger partial charge in [0.25, 0.3) is 0 Å². The van der Waals surface area contributed by atoms with Gasteiger partial charge >= 0.3 is 5.97 Å². The second kappa shape index (κ2) is 46.8. The Morgan fingerprint density at radius 2 is 0.933 bits per heavy atom. The van der Waals surface area contributed by atoms with Crippen LogP contribution in [-0.4, -0.2) is 46.9 Å². The van der Waals surface area contributed by atoms with Crippen LogP contribution in [0.15, 0.2) is 97.2 Å². The van der Waals surface area contributed by atoms with Crippen LogP contribution in [0.1, 0.15) is 207 Å². The van der Waals surface area contributed by atoms with Gasteiger partial charge in [0.15, 0.2) is 0 Å². The van der Waals surface area contributed by atoms with Gasteiger partial charge in [0.05, 0.1) is 25.2 Å². The van der Waals surface area contributed by atoms with Crippen molar-refractivity contribution >= 4 is 11.9 Å². The summed E-state index contributed by atoms with van der Waals surface area (Å²) in [5, 5.41) is 23.6. The molecule has 0 fully saturated rings. The topological polar surface area (TPSA) is 95.9 Å². The summed E-state index contributed by atoms with van der Waals surface area (Å²) in [6.45, 7) is 6.28. The van der Waals surface area contributed by atoms with Crippen molar-refractivity contribution in [2.45, 2.75) is 225 Å². The van der Waals surface area contributed by atoms with E-state index in [1.807, 2.05) is 12.2 Å². The van der Waals surface area contributed by atoms with Gasteiger partial charge in [-0.2, -0.15) is 0 Å². The first-order valence-corrected chi connectivity index (χ1v) is 24.5. The zero-order chi connectivity index (χ0) is 43.8. The van der Waals surface area contributed by atoms with Gasteiger partial charge in [-0.25, -0.2) is 0 Å². The molecule has 0 rings (SSSR count). The number of ether oxygens (including phenoxy) is 1. The second-order valence-electron chi connectivity index (χ2n) is 16.1. The van der Waals surface area contributed by atoms with E-state index < -0.39 is 18.2 Å². The number of hydrogen-bond acceptors (Lipinski definition) is 5. The number of hydrogen-bond donors (Lipinski definition) is 3. The van der Waals surface area contributed by atoms with Crippen LogP contribution in [0.2, 0.25) is 0 Å². The van der Waals surface area contributed by atoms with Gasteiger partial charge in [-0.3, -0.25) is 9.59 Å². The van der Waals surface area contributed by atoms with E-state index in [1.165, 1.54) is 89.9 Å². The maximum atomic E-state index is 13.1. The molecular weight excluding hydrogens is 743 g/mol. The summed E-state index contributed by atoms with van der Waals surface area (Å²) in [7, 11) is 0. The lowest BCUT2D eigenvalue weighted by Gasteiger charge is -2.23. The van der Waals surface area contributed by atoms with Crippen LogP contribution in [0, 0.1) is 0 Å². The maximum absolute atomic E-state index is 13.1. The molecule has 6 nitrogen and oxygen atoms in total. The summed E-state index contributed by atoms with van der Waals surface area (Å²) in [5.41, 5.74) is 0. The van der Waals surface area contributed by atoms with Crippen LogP contribution in [0.4, 0.5) is 0 Å². The van der Waals surface area contributed by atoms with E-state index in [0.717, 1.165) is 64.2 Å². The fourth-order valence-corrected chi connectivity index (χ4v) is 6.71. The maximum Gasteiger partial charge on any atom is 0.306 e. The van der Waals surface area contributed by atoms with Crippen molar-refractivity contribution in [3.05, 3.63) is 97.2 Å². The molecule has 3 N–H and O–H groups in total. The minimum absolute atomic E-state index is 0.0642. The molecule has 0 aliphatic carbocycles. The number of amides is 1. The SMILES string of the molecule is CC/C=C\C/C=C\C/C=C\C/C=C\C/C=C\C/C=C\CCC(=O)OC(/C=C/C/C=C\CCCCCCCC)CC(=O)NC(CO)C(O)CCCCCCCCCCCCC. The Hall–Kier alpha value is -3.22. The van der Waals surface area contributed by atoms with Crippen LogP contribution in [0.25, 0.3) is 0 Å². The summed E-state index contributed by atoms with van der Waals surface area (Å²) in [4.78, 5) is 26.0. The zero-order valence-corrected chi connectivity index (χ0v) is 38.8. The summed E-state index contributed by atoms with van der Waals surface area (Å²) in [6, 6.07) is -0.751. The van der Waals surface area contributed by atoms with Gasteiger partial charge < -0.3 is 20.3 Å². The predicted molar refractivity (Wildman–Crippen MR) is 259 cm³/mol. The Labute approximate surface area is 369 Å². The third kappa shape index (κ3) is 41.5. The highest BCUT2D eigenvalue weighted by molar-refractivity contribution is 5.78. The summed E-state index contributed by atoms with van der Waals surface area (Å²) in [5.74, 6) is -0.712. The summed E-state index contributed by atoms with van der Waals surface area (Å²) < 4.78 is 5.77. The van der Waals surface area contributed by atoms with Gasteiger partial charge in [-0.1, -0.05) is 215 Å². The highest BCUT2D eigenvalue weighted by Crippen LogP contribution is 2.14. The first-order valence-electron chi connectivity index (χ1n) is 24.5. The number of aliphatic hydroxyl groups excluding tert-OH is 2. The molecule has 0 bridgehead atoms. The van der Waals surface area contributed by atoms with E-state index in [9.17, 15) is 19.8 Å². The minimum Gasteiger partial charge on any atom is -0.458 e. The third-order valence-electron chi connectivity index (χ3n) is 10.4. The lowest BCUT2D eigenvalue weighted by atomic mass is 10.0. The Kier molecular flexibility index (Phi) is 44.3. The molecule has 342 valence electrons. The molecule has 0 heterocycles. The van der Waals surface area contributed by atoms with Crippen LogP contribution >= 0.6 is 0 Å². The monoisotopic (exact) mass is 834 g/mol. The Balaban J connectivity index is 4.76. The van der Waals surface area contributed by atoms with Gasteiger partial charge in [0.1, 0.15) is 6.10 Å². The van der Waals surface area contributed by atoms with Crippen LogP contribution in [0.5, 0.6) is 0 Å². The lowest BCUT2D eigenvalue weighted by Crippen LogP contribution is -2.46. The summed E-state index contributed by atoms with van der Waals surface area (Å²) in [6.07, 6.45) is 62.2. The average molecular weight is 834 g/mol. The molecule has 6 heteroatoms. The highest BCUT2D eigenvalue weighted by Gasteiger charge is 2.23. The molecule has 1 amide bonds. The first-order chi connectivity index (χ1) is 29.5. The quantitative estimate of drug-likeness (QED) is 0.0323. The van der Waals surface area contributed by atoms with Crippen LogP contribution in [-0.2, 0) is 14.3 Å². The number of esters is 1. The molecule has 0 radical (unpaired) electrons. The van der Waals surface area contributed by atoms with E-state index in [2.05, 4.69) is 105 Å². The van der Waals surface area contributed by atoms with Gasteiger partial charge in [-0.15, -0.1) is 0 Å². The van der Waals surface area contributed by atoms with Gasteiger partial charge in [0.2, 0.25) is 5.91 Å². The number of carbonyl (C=O) groups is 2. The van der Waals surface area contributed by atoms with Gasteiger partial charge in [0, 0.05) is 6.42 Å². The molecule has 0 aromatic heterocycles. The molecule has 0 aromatic carbocycles. The lowest BCUT2D eigenvalue weighted by molar-refractivity contribution is -0.148. The molecule has 0 aliphatic heterocycles. The summed E-state index contributed by atoms with van der Waals surface area (Å²) >= 11 is 0. The Bertz CT molecular complexity index is 1210. The largest absolute Gasteiger partial charge is 0.458 e. The average Bonchev–Trinajstić information content (AvgIpc) is 3.24. The zero-order valence-electron chi connectivity index (χ0n) is 38.8. The highest BCUT2D eigenvalue weighted by atomic mass is 16.5. The van der Waals surface area contributed by atoms with E-state index in [4.69, 9.17) is 4.74 Å². The van der Waals surface area contributed by atoms with Crippen molar-refractivity contribution in [2.24, 2.45) is 0 Å². The van der Waals surface area contributed by atoms with Crippen molar-refractivity contribution < 1.29 is 24.5 Å². The van der Waals surface area contributed by atoms with Crippen molar-refractivity contribution in [3.8, 4) is 0 Å². The number of carbonyl (C=O) groups excluding carboxylic acids is 2. The number of nitrogens with one attached hydrogen (secondary N) is 1. The van der Waals surface area contributed by atoms with E-state index in [-0.39, 0.29) is 31.3 Å². The predicted octanol–water partition coefficient (Wildman–Crippen LogP) is 14.6. The molecule has 0 saturated heterocycles. The molecule has 0 aliphatic rings.